The SMILES string of the molecule is COC(=O)n1ccc2cc(C)ccc21. The molecule has 0 N–H and O–H groups in total. The van der Waals surface area contributed by atoms with Gasteiger partial charge in [0.1, 0.15) is 0 Å². The van der Waals surface area contributed by atoms with Crippen LogP contribution in [0.2, 0.25) is 0 Å². The van der Waals surface area contributed by atoms with Gasteiger partial charge in [-0.05, 0) is 25.1 Å². The lowest BCUT2D eigenvalue weighted by Crippen LogP contribution is -2.09. The molecule has 2 aromatic rings. The molecule has 0 spiro atoms. The zero-order valence-electron chi connectivity index (χ0n) is 8.15. The van der Waals surface area contributed by atoms with Gasteiger partial charge in [-0.3, -0.25) is 4.57 Å². The highest BCUT2D eigenvalue weighted by Crippen LogP contribution is 2.17. The van der Waals surface area contributed by atoms with Crippen molar-refractivity contribution < 1.29 is 9.53 Å². The highest BCUT2D eigenvalue weighted by atomic mass is 16.5. The predicted octanol–water partition coefficient (Wildman–Crippen LogP) is 2.56. The lowest BCUT2D eigenvalue weighted by Gasteiger charge is -2.01. The first kappa shape index (κ1) is 8.81. The molecule has 0 atom stereocenters. The number of aryl methyl sites for hydroxylation is 1. The molecule has 1 heterocycles. The maximum absolute atomic E-state index is 11.3. The topological polar surface area (TPSA) is 31.2 Å². The Morgan fingerprint density at radius 1 is 1.36 bits per heavy atom. The Hall–Kier alpha value is -1.77. The minimum absolute atomic E-state index is 0.358. The average Bonchev–Trinajstić information content (AvgIpc) is 2.59. The van der Waals surface area contributed by atoms with Gasteiger partial charge in [-0.15, -0.1) is 0 Å². The molecule has 0 aliphatic carbocycles. The summed E-state index contributed by atoms with van der Waals surface area (Å²) in [5.74, 6) is 0. The van der Waals surface area contributed by atoms with Gasteiger partial charge >= 0.3 is 6.09 Å². The number of carbonyl (C=O) groups is 1. The molecule has 1 aromatic carbocycles. The fraction of sp³-hybridized carbons (Fsp3) is 0.182. The summed E-state index contributed by atoms with van der Waals surface area (Å²) in [5.41, 5.74) is 2.06. The molecule has 1 aromatic heterocycles. The van der Waals surface area contributed by atoms with E-state index in [0.29, 0.717) is 0 Å². The number of methoxy groups -OCH3 is 1. The van der Waals surface area contributed by atoms with Gasteiger partial charge in [0.15, 0.2) is 0 Å². The van der Waals surface area contributed by atoms with Gasteiger partial charge in [-0.25, -0.2) is 4.79 Å². The van der Waals surface area contributed by atoms with Gasteiger partial charge in [-0.1, -0.05) is 11.6 Å². The highest BCUT2D eigenvalue weighted by Gasteiger charge is 2.07. The molecule has 0 saturated carbocycles. The van der Waals surface area contributed by atoms with E-state index in [1.807, 2.05) is 31.2 Å². The molecule has 14 heavy (non-hydrogen) atoms. The van der Waals surface area contributed by atoms with Crippen LogP contribution in [-0.4, -0.2) is 17.8 Å². The van der Waals surface area contributed by atoms with Crippen molar-refractivity contribution in [2.24, 2.45) is 0 Å². The van der Waals surface area contributed by atoms with E-state index in [1.54, 1.807) is 6.20 Å². The number of aromatic nitrogens is 1. The largest absolute Gasteiger partial charge is 0.452 e. The van der Waals surface area contributed by atoms with E-state index < -0.39 is 0 Å². The van der Waals surface area contributed by atoms with E-state index in [0.717, 1.165) is 10.9 Å². The maximum atomic E-state index is 11.3. The van der Waals surface area contributed by atoms with Crippen molar-refractivity contribution in [2.45, 2.75) is 6.92 Å². The average molecular weight is 189 g/mol. The molecular weight excluding hydrogens is 178 g/mol. The fourth-order valence-corrected chi connectivity index (χ4v) is 1.52. The van der Waals surface area contributed by atoms with Gasteiger partial charge in [0, 0.05) is 11.6 Å². The molecule has 0 saturated heterocycles. The van der Waals surface area contributed by atoms with Crippen molar-refractivity contribution in [3.63, 3.8) is 0 Å². The molecule has 0 unspecified atom stereocenters. The molecular formula is C11H11NO2. The predicted molar refractivity (Wildman–Crippen MR) is 54.5 cm³/mol. The van der Waals surface area contributed by atoms with E-state index in [9.17, 15) is 4.79 Å². The Kier molecular flexibility index (Phi) is 2.00. The third kappa shape index (κ3) is 1.27. The van der Waals surface area contributed by atoms with Crippen LogP contribution in [-0.2, 0) is 4.74 Å². The Labute approximate surface area is 81.9 Å². The van der Waals surface area contributed by atoms with E-state index in [-0.39, 0.29) is 6.09 Å². The Morgan fingerprint density at radius 3 is 2.86 bits per heavy atom. The third-order valence-electron chi connectivity index (χ3n) is 2.22. The first-order chi connectivity index (χ1) is 6.72. The standard InChI is InChI=1S/C11H11NO2/c1-8-3-4-10-9(7-8)5-6-12(10)11(13)14-2/h3-7H,1-2H3. The third-order valence-corrected chi connectivity index (χ3v) is 2.22. The van der Waals surface area contributed by atoms with Gasteiger partial charge in [-0.2, -0.15) is 0 Å². The van der Waals surface area contributed by atoms with E-state index >= 15 is 0 Å². The summed E-state index contributed by atoms with van der Waals surface area (Å²) in [4.78, 5) is 11.3. The second-order valence-electron chi connectivity index (χ2n) is 3.22. The zero-order valence-corrected chi connectivity index (χ0v) is 8.15. The number of fused-ring (bicyclic) bond motifs is 1. The molecule has 3 heteroatoms. The van der Waals surface area contributed by atoms with Gasteiger partial charge in [0.25, 0.3) is 0 Å². The van der Waals surface area contributed by atoms with E-state index in [4.69, 9.17) is 0 Å². The lowest BCUT2D eigenvalue weighted by atomic mass is 10.2. The van der Waals surface area contributed by atoms with Gasteiger partial charge in [0.05, 0.1) is 12.6 Å². The van der Waals surface area contributed by atoms with Crippen molar-refractivity contribution in [3.05, 3.63) is 36.0 Å². The molecule has 2 rings (SSSR count). The summed E-state index contributed by atoms with van der Waals surface area (Å²) in [5, 5.41) is 1.05. The first-order valence-corrected chi connectivity index (χ1v) is 4.38. The summed E-state index contributed by atoms with van der Waals surface area (Å²) < 4.78 is 6.15. The molecule has 0 bridgehead atoms. The van der Waals surface area contributed by atoms with Crippen molar-refractivity contribution in [3.8, 4) is 0 Å². The summed E-state index contributed by atoms with van der Waals surface area (Å²) in [6.07, 6.45) is 1.36. The van der Waals surface area contributed by atoms with Crippen LogP contribution in [0.25, 0.3) is 10.9 Å². The number of benzene rings is 1. The first-order valence-electron chi connectivity index (χ1n) is 4.38. The number of rotatable bonds is 0. The smallest absolute Gasteiger partial charge is 0.418 e. The summed E-state index contributed by atoms with van der Waals surface area (Å²) >= 11 is 0. The number of ether oxygens (including phenoxy) is 1. The van der Waals surface area contributed by atoms with Crippen LogP contribution in [0.4, 0.5) is 4.79 Å². The van der Waals surface area contributed by atoms with Gasteiger partial charge < -0.3 is 4.74 Å². The van der Waals surface area contributed by atoms with Crippen molar-refractivity contribution in [1.82, 2.24) is 4.57 Å². The molecule has 0 fully saturated rings. The lowest BCUT2D eigenvalue weighted by molar-refractivity contribution is 0.174. The molecule has 3 nitrogen and oxygen atoms in total. The van der Waals surface area contributed by atoms with Crippen LogP contribution in [0.5, 0.6) is 0 Å². The number of hydrogen-bond donors (Lipinski definition) is 0. The van der Waals surface area contributed by atoms with E-state index in [2.05, 4.69) is 4.74 Å². The van der Waals surface area contributed by atoms with Crippen molar-refractivity contribution in [1.29, 1.82) is 0 Å². The second-order valence-corrected chi connectivity index (χ2v) is 3.22. The van der Waals surface area contributed by atoms with Crippen LogP contribution in [0.3, 0.4) is 0 Å². The van der Waals surface area contributed by atoms with Crippen LogP contribution in [0, 0.1) is 6.92 Å². The molecule has 0 aliphatic rings. The highest BCUT2D eigenvalue weighted by molar-refractivity contribution is 5.89. The minimum atomic E-state index is -0.358. The monoisotopic (exact) mass is 189 g/mol. The van der Waals surface area contributed by atoms with Crippen molar-refractivity contribution >= 4 is 17.0 Å². The Morgan fingerprint density at radius 2 is 2.14 bits per heavy atom. The fourth-order valence-electron chi connectivity index (χ4n) is 1.52. The number of carbonyl (C=O) groups excluding carboxylic acids is 1. The number of hydrogen-bond acceptors (Lipinski definition) is 2. The maximum Gasteiger partial charge on any atom is 0.418 e. The van der Waals surface area contributed by atoms with Gasteiger partial charge in [0.2, 0.25) is 0 Å². The van der Waals surface area contributed by atoms with Crippen molar-refractivity contribution in [2.75, 3.05) is 7.11 Å². The van der Waals surface area contributed by atoms with E-state index in [1.165, 1.54) is 17.2 Å². The minimum Gasteiger partial charge on any atom is -0.452 e. The number of nitrogens with zero attached hydrogens (tertiary/aromatic N) is 1. The van der Waals surface area contributed by atoms with Crippen LogP contribution in [0.1, 0.15) is 5.56 Å². The molecule has 72 valence electrons. The summed E-state index contributed by atoms with van der Waals surface area (Å²) in [6, 6.07) is 7.83. The molecule has 0 aliphatic heterocycles. The van der Waals surface area contributed by atoms with Crippen LogP contribution < -0.4 is 0 Å². The quantitative estimate of drug-likeness (QED) is 0.637. The summed E-state index contributed by atoms with van der Waals surface area (Å²) in [7, 11) is 1.38. The summed E-state index contributed by atoms with van der Waals surface area (Å²) in [6.45, 7) is 2.02. The van der Waals surface area contributed by atoms with Crippen LogP contribution in [0.15, 0.2) is 30.5 Å². The zero-order chi connectivity index (χ0) is 10.1. The second kappa shape index (κ2) is 3.18. The Balaban J connectivity index is 2.64. The normalized spacial score (nSPS) is 10.4. The molecule has 0 amide bonds. The van der Waals surface area contributed by atoms with Crippen LogP contribution >= 0.6 is 0 Å². The molecule has 0 radical (unpaired) electrons. The Bertz CT molecular complexity index is 485.